The summed E-state index contributed by atoms with van der Waals surface area (Å²) in [5, 5.41) is 12.2. The molecule has 0 fully saturated rings. The molecule has 3 N–H and O–H groups in total. The van der Waals surface area contributed by atoms with Gasteiger partial charge in [0.2, 0.25) is 5.91 Å². The van der Waals surface area contributed by atoms with Crippen LogP contribution in [0.5, 0.6) is 11.5 Å². The van der Waals surface area contributed by atoms with Crippen LogP contribution < -0.4 is 15.5 Å². The Balaban J connectivity index is 1.67. The molecule has 0 aliphatic rings. The topological polar surface area (TPSA) is 119 Å². The van der Waals surface area contributed by atoms with E-state index in [1.807, 2.05) is 30.3 Å². The molecule has 2 atom stereocenters. The summed E-state index contributed by atoms with van der Waals surface area (Å²) in [7, 11) is 1.50. The molecule has 0 unspecified atom stereocenters. The van der Waals surface area contributed by atoms with Crippen molar-refractivity contribution in [2.45, 2.75) is 18.9 Å². The third-order valence-corrected chi connectivity index (χ3v) is 5.23. The Morgan fingerprint density at radius 2 is 1.66 bits per heavy atom. The van der Waals surface area contributed by atoms with Gasteiger partial charge in [-0.3, -0.25) is 19.8 Å². The van der Waals surface area contributed by atoms with E-state index in [-0.39, 0.29) is 25.7 Å². The van der Waals surface area contributed by atoms with Crippen molar-refractivity contribution in [2.75, 3.05) is 20.5 Å². The van der Waals surface area contributed by atoms with Gasteiger partial charge in [-0.05, 0) is 66.9 Å². The quantitative estimate of drug-likeness (QED) is 0.149. The molecule has 9 nitrogen and oxygen atoms in total. The summed E-state index contributed by atoms with van der Waals surface area (Å²) in [5.41, 5.74) is 3.03. The van der Waals surface area contributed by atoms with E-state index >= 15 is 0 Å². The van der Waals surface area contributed by atoms with Crippen molar-refractivity contribution in [3.63, 3.8) is 0 Å². The molecule has 0 aliphatic heterocycles. The van der Waals surface area contributed by atoms with Crippen LogP contribution in [-0.2, 0) is 20.7 Å². The maximum absolute atomic E-state index is 12.9. The van der Waals surface area contributed by atoms with Gasteiger partial charge in [0.05, 0.1) is 12.6 Å². The normalized spacial score (nSPS) is 12.4. The minimum Gasteiger partial charge on any atom is -0.457 e. The lowest BCUT2D eigenvalue weighted by molar-refractivity contribution is -0.134. The molecule has 35 heavy (non-hydrogen) atoms. The van der Waals surface area contributed by atoms with E-state index in [0.29, 0.717) is 23.5 Å². The van der Waals surface area contributed by atoms with Gasteiger partial charge in [-0.1, -0.05) is 18.2 Å². The van der Waals surface area contributed by atoms with Crippen molar-refractivity contribution in [2.24, 2.45) is 5.92 Å². The predicted octanol–water partition coefficient (Wildman–Crippen LogP) is 3.35. The zero-order valence-electron chi connectivity index (χ0n) is 19.4. The maximum Gasteiger partial charge on any atom is 0.251 e. The number of benzene rings is 2. The molecule has 2 amide bonds. The first kappa shape index (κ1) is 25.8. The van der Waals surface area contributed by atoms with Gasteiger partial charge in [-0.25, -0.2) is 5.48 Å². The summed E-state index contributed by atoms with van der Waals surface area (Å²) < 4.78 is 16.2. The Labute approximate surface area is 204 Å². The summed E-state index contributed by atoms with van der Waals surface area (Å²) in [6.45, 7) is 0.166. The second-order valence-electron chi connectivity index (χ2n) is 7.86. The fourth-order valence-electron chi connectivity index (χ4n) is 3.53. The molecule has 184 valence electrons. The van der Waals surface area contributed by atoms with Gasteiger partial charge >= 0.3 is 0 Å². The molecule has 2 aromatic carbocycles. The summed E-state index contributed by atoms with van der Waals surface area (Å²) in [4.78, 5) is 29.3. The fraction of sp³-hybridized carbons (Fsp3) is 0.269. The van der Waals surface area contributed by atoms with Crippen LogP contribution in [0.3, 0.4) is 0 Å². The van der Waals surface area contributed by atoms with Gasteiger partial charge in [-0.2, -0.15) is 0 Å². The van der Waals surface area contributed by atoms with Crippen molar-refractivity contribution >= 4 is 11.8 Å². The first-order valence-electron chi connectivity index (χ1n) is 11.1. The Morgan fingerprint density at radius 3 is 2.31 bits per heavy atom. The number of ether oxygens (including phenoxy) is 3. The highest BCUT2D eigenvalue weighted by molar-refractivity contribution is 5.94. The number of nitrogens with one attached hydrogen (secondary N) is 2. The molecule has 9 heteroatoms. The van der Waals surface area contributed by atoms with E-state index in [4.69, 9.17) is 14.2 Å². The second kappa shape index (κ2) is 13.8. The van der Waals surface area contributed by atoms with Crippen molar-refractivity contribution < 1.29 is 29.0 Å². The van der Waals surface area contributed by atoms with Crippen molar-refractivity contribution in [1.29, 1.82) is 0 Å². The Bertz CT molecular complexity index is 1050. The van der Waals surface area contributed by atoms with E-state index < -0.39 is 17.9 Å². The SMILES string of the molecule is COCOC[C@H](C[C@H](Cc1ccncc1)C(=O)NO)NC(=O)c1ccc(Oc2ccccc2)cc1. The largest absolute Gasteiger partial charge is 0.457 e. The highest BCUT2D eigenvalue weighted by Gasteiger charge is 2.25. The molecule has 1 aromatic heterocycles. The van der Waals surface area contributed by atoms with Gasteiger partial charge in [0, 0.05) is 31.0 Å². The summed E-state index contributed by atoms with van der Waals surface area (Å²) in [6, 6.07) is 19.2. The number of aromatic nitrogens is 1. The number of methoxy groups -OCH3 is 1. The van der Waals surface area contributed by atoms with Gasteiger partial charge in [-0.15, -0.1) is 0 Å². The minimum absolute atomic E-state index is 0.0408. The van der Waals surface area contributed by atoms with Crippen LogP contribution in [0.15, 0.2) is 79.1 Å². The number of hydrogen-bond donors (Lipinski definition) is 3. The van der Waals surface area contributed by atoms with Gasteiger partial charge < -0.3 is 19.5 Å². The fourth-order valence-corrected chi connectivity index (χ4v) is 3.53. The number of carbonyl (C=O) groups is 2. The molecule has 0 saturated carbocycles. The first-order valence-corrected chi connectivity index (χ1v) is 11.1. The number of hydroxylamine groups is 1. The Morgan fingerprint density at radius 1 is 0.971 bits per heavy atom. The zero-order valence-corrected chi connectivity index (χ0v) is 19.4. The minimum atomic E-state index is -0.611. The molecule has 3 aromatic rings. The highest BCUT2D eigenvalue weighted by Crippen LogP contribution is 2.21. The third kappa shape index (κ3) is 8.49. The average Bonchev–Trinajstić information content (AvgIpc) is 2.89. The number of hydrogen-bond acceptors (Lipinski definition) is 7. The molecule has 1 heterocycles. The van der Waals surface area contributed by atoms with Crippen molar-refractivity contribution in [3.05, 3.63) is 90.3 Å². The van der Waals surface area contributed by atoms with E-state index in [1.165, 1.54) is 7.11 Å². The lowest BCUT2D eigenvalue weighted by Crippen LogP contribution is -2.42. The number of para-hydroxylation sites is 1. The monoisotopic (exact) mass is 479 g/mol. The lowest BCUT2D eigenvalue weighted by Gasteiger charge is -2.23. The van der Waals surface area contributed by atoms with Gasteiger partial charge in [0.25, 0.3) is 5.91 Å². The van der Waals surface area contributed by atoms with E-state index in [9.17, 15) is 14.8 Å². The summed E-state index contributed by atoms with van der Waals surface area (Å²) >= 11 is 0. The number of amides is 2. The smallest absolute Gasteiger partial charge is 0.251 e. The maximum atomic E-state index is 12.9. The van der Waals surface area contributed by atoms with Crippen LogP contribution in [0.25, 0.3) is 0 Å². The molecule has 0 saturated heterocycles. The summed E-state index contributed by atoms with van der Waals surface area (Å²) in [6.07, 6.45) is 3.86. The molecule has 0 bridgehead atoms. The van der Waals surface area contributed by atoms with Crippen molar-refractivity contribution in [1.82, 2.24) is 15.8 Å². The van der Waals surface area contributed by atoms with Crippen LogP contribution >= 0.6 is 0 Å². The Hall–Kier alpha value is -3.79. The number of carbonyl (C=O) groups excluding carboxylic acids is 2. The number of pyridine rings is 1. The van der Waals surface area contributed by atoms with Crippen LogP contribution in [0.1, 0.15) is 22.3 Å². The van der Waals surface area contributed by atoms with E-state index in [2.05, 4.69) is 10.3 Å². The number of rotatable bonds is 13. The van der Waals surface area contributed by atoms with Crippen molar-refractivity contribution in [3.8, 4) is 11.5 Å². The lowest BCUT2D eigenvalue weighted by atomic mass is 9.92. The van der Waals surface area contributed by atoms with Crippen LogP contribution in [0, 0.1) is 5.92 Å². The Kier molecular flexibility index (Phi) is 10.2. The van der Waals surface area contributed by atoms with Gasteiger partial charge in [0.15, 0.2) is 0 Å². The average molecular weight is 480 g/mol. The zero-order chi connectivity index (χ0) is 24.9. The predicted molar refractivity (Wildman–Crippen MR) is 128 cm³/mol. The van der Waals surface area contributed by atoms with Gasteiger partial charge in [0.1, 0.15) is 18.3 Å². The molecule has 3 rings (SSSR count). The molecule has 0 radical (unpaired) electrons. The van der Waals surface area contributed by atoms with Crippen LogP contribution in [-0.4, -0.2) is 48.6 Å². The molecule has 0 spiro atoms. The van der Waals surface area contributed by atoms with Crippen LogP contribution in [0.2, 0.25) is 0 Å². The highest BCUT2D eigenvalue weighted by atomic mass is 16.7. The number of nitrogens with zero attached hydrogens (tertiary/aromatic N) is 1. The second-order valence-corrected chi connectivity index (χ2v) is 7.86. The van der Waals surface area contributed by atoms with E-state index in [1.54, 1.807) is 54.3 Å². The first-order chi connectivity index (χ1) is 17.1. The third-order valence-electron chi connectivity index (χ3n) is 5.23. The summed E-state index contributed by atoms with van der Waals surface area (Å²) in [5.74, 6) is -0.183. The van der Waals surface area contributed by atoms with E-state index in [0.717, 1.165) is 5.56 Å². The molecule has 0 aliphatic carbocycles. The standard InChI is InChI=1S/C26H29N3O6/c1-33-18-34-17-22(16-21(26(31)29-32)15-19-11-13-27-14-12-19)28-25(30)20-7-9-24(10-8-20)35-23-5-3-2-4-6-23/h2-14,21-22,32H,15-18H2,1H3,(H,28,30)(H,29,31)/t21-,22-/m0/s1. The molecular formula is C26H29N3O6. The van der Waals surface area contributed by atoms with Crippen LogP contribution in [0.4, 0.5) is 0 Å². The molecular weight excluding hydrogens is 450 g/mol.